The fourth-order valence-corrected chi connectivity index (χ4v) is 3.62. The van der Waals surface area contributed by atoms with Gasteiger partial charge >= 0.3 is 0 Å². The lowest BCUT2D eigenvalue weighted by Crippen LogP contribution is -2.37. The van der Waals surface area contributed by atoms with Crippen molar-refractivity contribution in [2.24, 2.45) is 5.41 Å². The van der Waals surface area contributed by atoms with Gasteiger partial charge in [-0.15, -0.1) is 11.3 Å². The zero-order valence-electron chi connectivity index (χ0n) is 11.6. The van der Waals surface area contributed by atoms with Crippen molar-refractivity contribution in [3.05, 3.63) is 16.1 Å². The second kappa shape index (κ2) is 6.64. The van der Waals surface area contributed by atoms with Crippen LogP contribution >= 0.6 is 11.3 Å². The predicted molar refractivity (Wildman–Crippen MR) is 78.3 cm³/mol. The lowest BCUT2D eigenvalue weighted by Gasteiger charge is -2.28. The number of thiazole rings is 1. The van der Waals surface area contributed by atoms with Gasteiger partial charge in [-0.3, -0.25) is 0 Å². The van der Waals surface area contributed by atoms with Gasteiger partial charge < -0.3 is 10.6 Å². The highest BCUT2D eigenvalue weighted by Crippen LogP contribution is 2.30. The molecule has 1 atom stereocenters. The van der Waals surface area contributed by atoms with Crippen LogP contribution in [-0.2, 0) is 6.42 Å². The molecule has 102 valence electrons. The van der Waals surface area contributed by atoms with Crippen molar-refractivity contribution in [3.8, 4) is 0 Å². The van der Waals surface area contributed by atoms with Gasteiger partial charge in [0.15, 0.2) is 0 Å². The molecular formula is C14H25N3S. The van der Waals surface area contributed by atoms with Gasteiger partial charge in [0, 0.05) is 37.1 Å². The third-order valence-electron chi connectivity index (χ3n) is 3.79. The third-order valence-corrected chi connectivity index (χ3v) is 4.82. The van der Waals surface area contributed by atoms with E-state index in [0.717, 1.165) is 25.2 Å². The number of nitrogens with zero attached hydrogens (tertiary/aromatic N) is 1. The highest BCUT2D eigenvalue weighted by atomic mass is 32.1. The molecule has 1 unspecified atom stereocenters. The Morgan fingerprint density at radius 1 is 1.56 bits per heavy atom. The van der Waals surface area contributed by atoms with E-state index in [1.54, 1.807) is 11.3 Å². The Labute approximate surface area is 114 Å². The first-order valence-electron chi connectivity index (χ1n) is 7.06. The molecule has 1 aliphatic rings. The monoisotopic (exact) mass is 267 g/mol. The summed E-state index contributed by atoms with van der Waals surface area (Å²) in [6, 6.07) is 0. The number of hydrogen-bond donors (Lipinski definition) is 2. The predicted octanol–water partition coefficient (Wildman–Crippen LogP) is 2.36. The molecule has 4 heteroatoms. The van der Waals surface area contributed by atoms with Crippen molar-refractivity contribution < 1.29 is 0 Å². The summed E-state index contributed by atoms with van der Waals surface area (Å²) >= 11 is 1.78. The first kappa shape index (κ1) is 14.0. The van der Waals surface area contributed by atoms with Gasteiger partial charge in [-0.05, 0) is 31.7 Å². The fourth-order valence-electron chi connectivity index (χ4n) is 2.84. The summed E-state index contributed by atoms with van der Waals surface area (Å²) in [7, 11) is 0. The van der Waals surface area contributed by atoms with Crippen LogP contribution in [0.5, 0.6) is 0 Å². The number of nitrogens with one attached hydrogen (secondary N) is 2. The molecule has 1 saturated heterocycles. The average Bonchev–Trinajstić information content (AvgIpc) is 2.96. The molecule has 2 rings (SSSR count). The third kappa shape index (κ3) is 3.77. The van der Waals surface area contributed by atoms with Crippen LogP contribution in [0.4, 0.5) is 0 Å². The number of rotatable bonds is 7. The van der Waals surface area contributed by atoms with Crippen molar-refractivity contribution in [2.75, 3.05) is 26.2 Å². The Morgan fingerprint density at radius 3 is 3.06 bits per heavy atom. The largest absolute Gasteiger partial charge is 0.316 e. The van der Waals surface area contributed by atoms with E-state index in [1.807, 2.05) is 0 Å². The van der Waals surface area contributed by atoms with Gasteiger partial charge in [0.05, 0.1) is 5.01 Å². The van der Waals surface area contributed by atoms with E-state index in [0.29, 0.717) is 5.41 Å². The summed E-state index contributed by atoms with van der Waals surface area (Å²) in [6.07, 6.45) is 5.01. The molecule has 0 aliphatic carbocycles. The van der Waals surface area contributed by atoms with E-state index in [1.165, 1.54) is 37.4 Å². The Hall–Kier alpha value is -0.450. The quantitative estimate of drug-likeness (QED) is 0.745. The van der Waals surface area contributed by atoms with E-state index in [9.17, 15) is 0 Å². The molecule has 0 bridgehead atoms. The molecule has 18 heavy (non-hydrogen) atoms. The maximum Gasteiger partial charge on any atom is 0.0940 e. The molecule has 0 amide bonds. The maximum atomic E-state index is 4.50. The number of aryl methyl sites for hydroxylation is 1. The van der Waals surface area contributed by atoms with Crippen molar-refractivity contribution >= 4 is 11.3 Å². The summed E-state index contributed by atoms with van der Waals surface area (Å²) < 4.78 is 0. The molecule has 0 radical (unpaired) electrons. The van der Waals surface area contributed by atoms with Crippen molar-refractivity contribution in [1.82, 2.24) is 15.6 Å². The van der Waals surface area contributed by atoms with Gasteiger partial charge in [-0.25, -0.2) is 4.98 Å². The van der Waals surface area contributed by atoms with Crippen LogP contribution in [0.3, 0.4) is 0 Å². The molecule has 0 aromatic carbocycles. The van der Waals surface area contributed by atoms with Crippen LogP contribution in [-0.4, -0.2) is 31.2 Å². The minimum atomic E-state index is 0.507. The second-order valence-electron chi connectivity index (χ2n) is 5.49. The SMILES string of the molecule is CCCC1(CNCCc2nc(C)cs2)CCNC1. The molecule has 1 aromatic rings. The van der Waals surface area contributed by atoms with Gasteiger partial charge in [0.1, 0.15) is 0 Å². The molecule has 2 heterocycles. The zero-order valence-corrected chi connectivity index (χ0v) is 12.4. The van der Waals surface area contributed by atoms with E-state index >= 15 is 0 Å². The molecule has 1 aromatic heterocycles. The molecule has 3 nitrogen and oxygen atoms in total. The van der Waals surface area contributed by atoms with Gasteiger partial charge in [-0.2, -0.15) is 0 Å². The van der Waals surface area contributed by atoms with Gasteiger partial charge in [0.2, 0.25) is 0 Å². The van der Waals surface area contributed by atoms with Crippen LogP contribution in [0.15, 0.2) is 5.38 Å². The van der Waals surface area contributed by atoms with Crippen LogP contribution < -0.4 is 10.6 Å². The first-order valence-corrected chi connectivity index (χ1v) is 7.94. The van der Waals surface area contributed by atoms with Crippen LogP contribution in [0.25, 0.3) is 0 Å². The normalized spacial score (nSPS) is 23.7. The Balaban J connectivity index is 1.70. The Morgan fingerprint density at radius 2 is 2.44 bits per heavy atom. The molecule has 2 N–H and O–H groups in total. The standard InChI is InChI=1S/C14H25N3S/c1-3-5-14(6-8-16-11-14)10-15-7-4-13-17-12(2)9-18-13/h9,15-16H,3-8,10-11H2,1-2H3. The lowest BCUT2D eigenvalue weighted by atomic mass is 9.82. The first-order chi connectivity index (χ1) is 8.74. The van der Waals surface area contributed by atoms with E-state index in [2.05, 4.69) is 34.8 Å². The maximum absolute atomic E-state index is 4.50. The topological polar surface area (TPSA) is 37.0 Å². The minimum absolute atomic E-state index is 0.507. The second-order valence-corrected chi connectivity index (χ2v) is 6.43. The summed E-state index contributed by atoms with van der Waals surface area (Å²) in [4.78, 5) is 4.50. The van der Waals surface area contributed by atoms with E-state index in [-0.39, 0.29) is 0 Å². The van der Waals surface area contributed by atoms with Crippen molar-refractivity contribution in [1.29, 1.82) is 0 Å². The van der Waals surface area contributed by atoms with E-state index in [4.69, 9.17) is 0 Å². The smallest absolute Gasteiger partial charge is 0.0940 e. The van der Waals surface area contributed by atoms with Crippen LogP contribution in [0.1, 0.15) is 36.9 Å². The summed E-state index contributed by atoms with van der Waals surface area (Å²) in [5.41, 5.74) is 1.66. The number of aromatic nitrogens is 1. The summed E-state index contributed by atoms with van der Waals surface area (Å²) in [6.45, 7) is 8.93. The molecule has 0 saturated carbocycles. The molecule has 1 aliphatic heterocycles. The van der Waals surface area contributed by atoms with Crippen LogP contribution in [0, 0.1) is 12.3 Å². The highest BCUT2D eigenvalue weighted by molar-refractivity contribution is 7.09. The highest BCUT2D eigenvalue weighted by Gasteiger charge is 2.32. The zero-order chi connectivity index (χ0) is 12.8. The Bertz CT molecular complexity index is 356. The van der Waals surface area contributed by atoms with Crippen molar-refractivity contribution in [3.63, 3.8) is 0 Å². The average molecular weight is 267 g/mol. The van der Waals surface area contributed by atoms with Crippen LogP contribution in [0.2, 0.25) is 0 Å². The van der Waals surface area contributed by atoms with Crippen molar-refractivity contribution in [2.45, 2.75) is 39.5 Å². The lowest BCUT2D eigenvalue weighted by molar-refractivity contribution is 0.277. The molecule has 1 fully saturated rings. The molecular weight excluding hydrogens is 242 g/mol. The van der Waals surface area contributed by atoms with E-state index < -0.39 is 0 Å². The summed E-state index contributed by atoms with van der Waals surface area (Å²) in [5, 5.41) is 10.5. The molecule has 0 spiro atoms. The van der Waals surface area contributed by atoms with Gasteiger partial charge in [0.25, 0.3) is 0 Å². The van der Waals surface area contributed by atoms with Gasteiger partial charge in [-0.1, -0.05) is 13.3 Å². The minimum Gasteiger partial charge on any atom is -0.316 e. The fraction of sp³-hybridized carbons (Fsp3) is 0.786. The summed E-state index contributed by atoms with van der Waals surface area (Å²) in [5.74, 6) is 0. The number of hydrogen-bond acceptors (Lipinski definition) is 4. The Kier molecular flexibility index (Phi) is 5.15.